The van der Waals surface area contributed by atoms with E-state index >= 15 is 0 Å². The van der Waals surface area contributed by atoms with Gasteiger partial charge in [-0.3, -0.25) is 9.59 Å². The lowest BCUT2D eigenvalue weighted by Crippen LogP contribution is -2.44. The zero-order chi connectivity index (χ0) is 17.2. The van der Waals surface area contributed by atoms with Crippen LogP contribution < -0.4 is 15.4 Å². The van der Waals surface area contributed by atoms with E-state index in [9.17, 15) is 18.0 Å². The number of sulfonamides is 1. The Bertz CT molecular complexity index is 730. The van der Waals surface area contributed by atoms with Crippen LogP contribution in [-0.4, -0.2) is 32.8 Å². The molecule has 0 fully saturated rings. The summed E-state index contributed by atoms with van der Waals surface area (Å²) in [4.78, 5) is 23.5. The van der Waals surface area contributed by atoms with Crippen molar-refractivity contribution in [3.05, 3.63) is 23.8 Å². The standard InChI is InChI=1S/C15H21N3O4S/c1-4-7-16-15(20)10(3)18-23(21,22)11-5-6-13-12(8-11)9(2)14(19)17-13/h5-6,8-10,18H,4,7H2,1-3H3,(H,16,20)(H,17,19)/t9-,10-/m1/s1. The first-order chi connectivity index (χ1) is 10.8. The molecule has 1 aromatic carbocycles. The number of nitrogens with one attached hydrogen (secondary N) is 3. The molecule has 23 heavy (non-hydrogen) atoms. The van der Waals surface area contributed by atoms with Crippen LogP contribution in [0.25, 0.3) is 0 Å². The molecule has 0 saturated carbocycles. The van der Waals surface area contributed by atoms with Gasteiger partial charge in [-0.05, 0) is 44.0 Å². The topological polar surface area (TPSA) is 104 Å². The molecule has 0 bridgehead atoms. The number of rotatable bonds is 6. The van der Waals surface area contributed by atoms with Gasteiger partial charge in [-0.2, -0.15) is 4.72 Å². The zero-order valence-electron chi connectivity index (χ0n) is 13.3. The second-order valence-electron chi connectivity index (χ2n) is 5.59. The summed E-state index contributed by atoms with van der Waals surface area (Å²) in [6.45, 7) is 5.61. The summed E-state index contributed by atoms with van der Waals surface area (Å²) in [6, 6.07) is 3.57. The third-order valence-electron chi connectivity index (χ3n) is 3.73. The minimum atomic E-state index is -3.84. The molecule has 0 aromatic heterocycles. The van der Waals surface area contributed by atoms with Gasteiger partial charge in [0.2, 0.25) is 21.8 Å². The predicted molar refractivity (Wildman–Crippen MR) is 86.6 cm³/mol. The second-order valence-corrected chi connectivity index (χ2v) is 7.31. The van der Waals surface area contributed by atoms with Crippen LogP contribution in [0.1, 0.15) is 38.7 Å². The van der Waals surface area contributed by atoms with Crippen LogP contribution in [0.4, 0.5) is 5.69 Å². The molecule has 1 aromatic rings. The van der Waals surface area contributed by atoms with Crippen molar-refractivity contribution in [1.29, 1.82) is 0 Å². The summed E-state index contributed by atoms with van der Waals surface area (Å²) < 4.78 is 27.2. The van der Waals surface area contributed by atoms with Crippen molar-refractivity contribution < 1.29 is 18.0 Å². The largest absolute Gasteiger partial charge is 0.355 e. The molecular weight excluding hydrogens is 318 g/mol. The number of hydrogen-bond donors (Lipinski definition) is 3. The Kier molecular flexibility index (Phi) is 5.06. The average molecular weight is 339 g/mol. The van der Waals surface area contributed by atoms with Crippen molar-refractivity contribution in [3.63, 3.8) is 0 Å². The Morgan fingerprint density at radius 2 is 2.09 bits per heavy atom. The normalized spacial score (nSPS) is 18.2. The molecule has 2 atom stereocenters. The van der Waals surface area contributed by atoms with Crippen molar-refractivity contribution in [2.75, 3.05) is 11.9 Å². The van der Waals surface area contributed by atoms with Crippen LogP contribution in [0.3, 0.4) is 0 Å². The number of fused-ring (bicyclic) bond motifs is 1. The van der Waals surface area contributed by atoms with Gasteiger partial charge in [0.25, 0.3) is 0 Å². The fraction of sp³-hybridized carbons (Fsp3) is 0.467. The lowest BCUT2D eigenvalue weighted by atomic mass is 10.0. The first-order valence-corrected chi connectivity index (χ1v) is 8.99. The molecule has 2 amide bonds. The highest BCUT2D eigenvalue weighted by Crippen LogP contribution is 2.33. The van der Waals surface area contributed by atoms with E-state index in [0.717, 1.165) is 6.42 Å². The van der Waals surface area contributed by atoms with E-state index in [1.54, 1.807) is 13.0 Å². The molecule has 8 heteroatoms. The first kappa shape index (κ1) is 17.4. The van der Waals surface area contributed by atoms with Gasteiger partial charge in [-0.25, -0.2) is 8.42 Å². The summed E-state index contributed by atoms with van der Waals surface area (Å²) in [5.41, 5.74) is 1.26. The molecular formula is C15H21N3O4S. The fourth-order valence-corrected chi connectivity index (χ4v) is 3.56. The van der Waals surface area contributed by atoms with Crippen LogP contribution in [0.5, 0.6) is 0 Å². The highest BCUT2D eigenvalue weighted by Gasteiger charge is 2.29. The minimum absolute atomic E-state index is 0.0368. The Balaban J connectivity index is 2.18. The molecule has 126 valence electrons. The van der Waals surface area contributed by atoms with Gasteiger partial charge in [-0.1, -0.05) is 6.92 Å². The van der Waals surface area contributed by atoms with Crippen LogP contribution in [0, 0.1) is 0 Å². The average Bonchev–Trinajstić information content (AvgIpc) is 2.78. The number of carbonyl (C=O) groups excluding carboxylic acids is 2. The molecule has 0 aliphatic carbocycles. The molecule has 3 N–H and O–H groups in total. The second kappa shape index (κ2) is 6.67. The monoisotopic (exact) mass is 339 g/mol. The van der Waals surface area contributed by atoms with Crippen molar-refractivity contribution in [1.82, 2.24) is 10.0 Å². The smallest absolute Gasteiger partial charge is 0.241 e. The van der Waals surface area contributed by atoms with Crippen molar-refractivity contribution >= 4 is 27.5 Å². The van der Waals surface area contributed by atoms with E-state index in [0.29, 0.717) is 17.8 Å². The van der Waals surface area contributed by atoms with Crippen LogP contribution in [0.2, 0.25) is 0 Å². The number of hydrogen-bond acceptors (Lipinski definition) is 4. The molecule has 7 nitrogen and oxygen atoms in total. The minimum Gasteiger partial charge on any atom is -0.355 e. The third-order valence-corrected chi connectivity index (χ3v) is 5.26. The molecule has 1 heterocycles. The zero-order valence-corrected chi connectivity index (χ0v) is 14.2. The van der Waals surface area contributed by atoms with E-state index in [2.05, 4.69) is 15.4 Å². The van der Waals surface area contributed by atoms with E-state index in [-0.39, 0.29) is 16.7 Å². The molecule has 0 saturated heterocycles. The van der Waals surface area contributed by atoms with Gasteiger partial charge < -0.3 is 10.6 Å². The Morgan fingerprint density at radius 3 is 2.74 bits per heavy atom. The van der Waals surface area contributed by atoms with Crippen LogP contribution in [0.15, 0.2) is 23.1 Å². The van der Waals surface area contributed by atoms with E-state index in [1.807, 2.05) is 6.92 Å². The lowest BCUT2D eigenvalue weighted by Gasteiger charge is -2.15. The van der Waals surface area contributed by atoms with Gasteiger partial charge in [0.15, 0.2) is 0 Å². The summed E-state index contributed by atoms with van der Waals surface area (Å²) in [5.74, 6) is -0.929. The lowest BCUT2D eigenvalue weighted by molar-refractivity contribution is -0.122. The molecule has 0 radical (unpaired) electrons. The summed E-state index contributed by atoms with van der Waals surface area (Å²) in [6.07, 6.45) is 0.773. The number of benzene rings is 1. The molecule has 0 unspecified atom stereocenters. The molecule has 1 aliphatic heterocycles. The maximum absolute atomic E-state index is 12.4. The Morgan fingerprint density at radius 1 is 1.39 bits per heavy atom. The first-order valence-electron chi connectivity index (χ1n) is 7.51. The van der Waals surface area contributed by atoms with Crippen LogP contribution >= 0.6 is 0 Å². The van der Waals surface area contributed by atoms with Crippen molar-refractivity contribution in [2.45, 2.75) is 44.0 Å². The van der Waals surface area contributed by atoms with Crippen molar-refractivity contribution in [3.8, 4) is 0 Å². The summed E-state index contributed by atoms with van der Waals surface area (Å²) >= 11 is 0. The fourth-order valence-electron chi connectivity index (χ4n) is 2.32. The maximum atomic E-state index is 12.4. The highest BCUT2D eigenvalue weighted by molar-refractivity contribution is 7.89. The van der Waals surface area contributed by atoms with Gasteiger partial charge in [0.05, 0.1) is 16.9 Å². The SMILES string of the molecule is CCCNC(=O)[C@@H](C)NS(=O)(=O)c1ccc2c(c1)[C@@H](C)C(=O)N2. The van der Waals surface area contributed by atoms with E-state index in [4.69, 9.17) is 0 Å². The Hall–Kier alpha value is -1.93. The predicted octanol–water partition coefficient (Wildman–Crippen LogP) is 0.935. The Labute approximate surface area is 135 Å². The van der Waals surface area contributed by atoms with Crippen LogP contribution in [-0.2, 0) is 19.6 Å². The highest BCUT2D eigenvalue weighted by atomic mass is 32.2. The third kappa shape index (κ3) is 3.70. The van der Waals surface area contributed by atoms with Gasteiger partial charge in [0.1, 0.15) is 0 Å². The van der Waals surface area contributed by atoms with Crippen molar-refractivity contribution in [2.24, 2.45) is 0 Å². The maximum Gasteiger partial charge on any atom is 0.241 e. The molecule has 0 spiro atoms. The van der Waals surface area contributed by atoms with Gasteiger partial charge in [-0.15, -0.1) is 0 Å². The molecule has 2 rings (SSSR count). The number of amides is 2. The summed E-state index contributed by atoms with van der Waals surface area (Å²) in [5, 5.41) is 5.33. The van der Waals surface area contributed by atoms with E-state index in [1.165, 1.54) is 19.1 Å². The van der Waals surface area contributed by atoms with Gasteiger partial charge in [0, 0.05) is 12.2 Å². The molecule has 1 aliphatic rings. The van der Waals surface area contributed by atoms with E-state index < -0.39 is 22.0 Å². The number of carbonyl (C=O) groups is 2. The quantitative estimate of drug-likeness (QED) is 0.717. The summed E-state index contributed by atoms with van der Waals surface area (Å²) in [7, 11) is -3.84. The van der Waals surface area contributed by atoms with Gasteiger partial charge >= 0.3 is 0 Å². The number of anilines is 1.